The summed E-state index contributed by atoms with van der Waals surface area (Å²) in [6.45, 7) is 0. The van der Waals surface area contributed by atoms with Gasteiger partial charge in [0.15, 0.2) is 0 Å². The molecule has 0 saturated carbocycles. The number of hydrogen-bond donors (Lipinski definition) is 1. The van der Waals surface area contributed by atoms with Crippen molar-refractivity contribution in [1.29, 1.82) is 0 Å². The van der Waals surface area contributed by atoms with Crippen LogP contribution in [0.1, 0.15) is 4.44 Å². The molecule has 1 heterocycles. The van der Waals surface area contributed by atoms with Gasteiger partial charge < -0.3 is 0 Å². The van der Waals surface area contributed by atoms with Crippen molar-refractivity contribution in [3.8, 4) is 10.1 Å². The van der Waals surface area contributed by atoms with Crippen LogP contribution in [-0.2, 0) is 15.8 Å². The van der Waals surface area contributed by atoms with Crippen molar-refractivity contribution < 1.29 is 8.42 Å². The molecule has 0 aliphatic carbocycles. The van der Waals surface area contributed by atoms with Crippen molar-refractivity contribution in [2.24, 2.45) is 5.14 Å². The van der Waals surface area contributed by atoms with Gasteiger partial charge in [-0.15, -0.1) is 0 Å². The molecule has 7 heteroatoms. The van der Waals surface area contributed by atoms with Gasteiger partial charge in [0.25, 0.3) is 0 Å². The van der Waals surface area contributed by atoms with Crippen LogP contribution in [-0.4, -0.2) is 27.9 Å². The van der Waals surface area contributed by atoms with Crippen molar-refractivity contribution in [2.45, 2.75) is 15.5 Å². The van der Waals surface area contributed by atoms with Crippen molar-refractivity contribution in [3.05, 3.63) is 65.2 Å². The third-order valence-electron chi connectivity index (χ3n) is 3.11. The topological polar surface area (TPSA) is 73.1 Å². The van der Waals surface area contributed by atoms with Crippen LogP contribution >= 0.6 is 11.8 Å². The average molecular weight is 409 g/mol. The molecule has 0 bridgehead atoms. The molecule has 0 saturated heterocycles. The molecule has 4 nitrogen and oxygen atoms in total. The monoisotopic (exact) mass is 410 g/mol. The SMILES string of the molecule is NS(=O)(=O)c1ccc(-c2ncc(CSc3ccccc3)[se]2)cc1. The molecule has 1 aromatic heterocycles. The predicted molar refractivity (Wildman–Crippen MR) is 94.0 cm³/mol. The van der Waals surface area contributed by atoms with Gasteiger partial charge in [0.1, 0.15) is 0 Å². The summed E-state index contributed by atoms with van der Waals surface area (Å²) in [5.41, 5.74) is 0.952. The molecule has 3 aromatic rings. The number of aromatic nitrogens is 1. The molecule has 0 aliphatic heterocycles. The Morgan fingerprint density at radius 1 is 1.04 bits per heavy atom. The molecule has 0 fully saturated rings. The Morgan fingerprint density at radius 3 is 2.39 bits per heavy atom. The number of nitrogens with two attached hydrogens (primary N) is 1. The van der Waals surface area contributed by atoms with Crippen LogP contribution in [0.4, 0.5) is 0 Å². The molecular formula is C16H14N2O2S2Se. The second-order valence-corrected chi connectivity index (χ2v) is 9.75. The zero-order valence-electron chi connectivity index (χ0n) is 12.0. The van der Waals surface area contributed by atoms with Gasteiger partial charge in [-0.2, -0.15) is 0 Å². The van der Waals surface area contributed by atoms with E-state index in [1.165, 1.54) is 21.5 Å². The maximum absolute atomic E-state index is 11.3. The van der Waals surface area contributed by atoms with Gasteiger partial charge in [0.05, 0.1) is 0 Å². The first-order valence-electron chi connectivity index (χ1n) is 6.78. The molecule has 23 heavy (non-hydrogen) atoms. The van der Waals surface area contributed by atoms with E-state index in [1.54, 1.807) is 23.9 Å². The van der Waals surface area contributed by atoms with Gasteiger partial charge in [-0.05, 0) is 0 Å². The third kappa shape index (κ3) is 4.34. The molecule has 0 aliphatic rings. The molecule has 0 unspecified atom stereocenters. The number of rotatable bonds is 5. The number of sulfonamides is 1. The van der Waals surface area contributed by atoms with E-state index in [2.05, 4.69) is 17.1 Å². The van der Waals surface area contributed by atoms with Gasteiger partial charge in [-0.25, -0.2) is 0 Å². The molecular weight excluding hydrogens is 395 g/mol. The summed E-state index contributed by atoms with van der Waals surface area (Å²) in [7, 11) is -3.64. The Balaban J connectivity index is 1.71. The quantitative estimate of drug-likeness (QED) is 0.520. The Morgan fingerprint density at radius 2 is 1.74 bits per heavy atom. The Bertz CT molecular complexity index is 891. The van der Waals surface area contributed by atoms with Gasteiger partial charge >= 0.3 is 146 Å². The molecule has 3 rings (SSSR count). The number of benzene rings is 2. The Labute approximate surface area is 145 Å². The summed E-state index contributed by atoms with van der Waals surface area (Å²) >= 11 is 1.97. The predicted octanol–water partition coefficient (Wildman–Crippen LogP) is 2.75. The fourth-order valence-electron chi connectivity index (χ4n) is 1.97. The van der Waals surface area contributed by atoms with E-state index >= 15 is 0 Å². The second kappa shape index (κ2) is 7.03. The van der Waals surface area contributed by atoms with E-state index in [9.17, 15) is 8.42 Å². The first-order chi connectivity index (χ1) is 11.0. The number of nitrogens with zero attached hydrogens (tertiary/aromatic N) is 1. The number of thioether (sulfide) groups is 1. The summed E-state index contributed by atoms with van der Waals surface area (Å²) < 4.78 is 24.9. The molecule has 0 atom stereocenters. The van der Waals surface area contributed by atoms with Gasteiger partial charge in [-0.1, -0.05) is 0 Å². The fourth-order valence-corrected chi connectivity index (χ4v) is 5.51. The number of hydrogen-bond acceptors (Lipinski definition) is 4. The maximum atomic E-state index is 11.3. The summed E-state index contributed by atoms with van der Waals surface area (Å²) in [6.07, 6.45) is 1.93. The van der Waals surface area contributed by atoms with Crippen LogP contribution in [0.25, 0.3) is 10.1 Å². The van der Waals surface area contributed by atoms with Crippen molar-refractivity contribution in [2.75, 3.05) is 0 Å². The summed E-state index contributed by atoms with van der Waals surface area (Å²) in [4.78, 5) is 5.85. The molecule has 0 amide bonds. The van der Waals surface area contributed by atoms with Crippen LogP contribution in [0, 0.1) is 0 Å². The van der Waals surface area contributed by atoms with Crippen LogP contribution in [0.15, 0.2) is 70.6 Å². The zero-order valence-corrected chi connectivity index (χ0v) is 15.4. The van der Waals surface area contributed by atoms with Crippen LogP contribution in [0.3, 0.4) is 0 Å². The normalized spacial score (nSPS) is 11.5. The Kier molecular flexibility index (Phi) is 5.04. The number of primary sulfonamides is 1. The van der Waals surface area contributed by atoms with Crippen molar-refractivity contribution in [3.63, 3.8) is 0 Å². The van der Waals surface area contributed by atoms with E-state index in [1.807, 2.05) is 24.4 Å². The minimum absolute atomic E-state index is 0.125. The van der Waals surface area contributed by atoms with E-state index in [4.69, 9.17) is 5.14 Å². The Hall–Kier alpha value is -1.37. The summed E-state index contributed by atoms with van der Waals surface area (Å²) in [5, 5.41) is 5.11. The van der Waals surface area contributed by atoms with Crippen LogP contribution in [0.2, 0.25) is 0 Å². The van der Waals surface area contributed by atoms with Gasteiger partial charge in [0, 0.05) is 0 Å². The molecule has 0 radical (unpaired) electrons. The third-order valence-corrected chi connectivity index (χ3v) is 7.71. The standard InChI is InChI=1S/C16H14N2O2S2Se/c17-22(19,20)14-8-6-12(7-9-14)16-18-10-15(23-16)11-21-13-4-2-1-3-5-13/h1-10H,11H2,(H2,17,19,20). The second-order valence-electron chi connectivity index (χ2n) is 4.80. The minimum atomic E-state index is -3.64. The van der Waals surface area contributed by atoms with E-state index in [-0.39, 0.29) is 19.4 Å². The van der Waals surface area contributed by atoms with Crippen molar-refractivity contribution >= 4 is 36.3 Å². The fraction of sp³-hybridized carbons (Fsp3) is 0.0625. The molecule has 2 aromatic carbocycles. The average Bonchev–Trinajstić information content (AvgIpc) is 3.02. The van der Waals surface area contributed by atoms with E-state index < -0.39 is 10.0 Å². The zero-order chi connectivity index (χ0) is 16.3. The summed E-state index contributed by atoms with van der Waals surface area (Å²) in [6, 6.07) is 16.9. The van der Waals surface area contributed by atoms with Crippen molar-refractivity contribution in [1.82, 2.24) is 4.98 Å². The molecule has 2 N–H and O–H groups in total. The van der Waals surface area contributed by atoms with Crippen LogP contribution in [0.5, 0.6) is 0 Å². The molecule has 0 spiro atoms. The van der Waals surface area contributed by atoms with Gasteiger partial charge in [0.2, 0.25) is 0 Å². The van der Waals surface area contributed by atoms with E-state index in [0.717, 1.165) is 15.9 Å². The summed E-state index contributed by atoms with van der Waals surface area (Å²) in [5.74, 6) is 0.923. The first kappa shape index (κ1) is 16.5. The molecule has 118 valence electrons. The van der Waals surface area contributed by atoms with Gasteiger partial charge in [-0.3, -0.25) is 0 Å². The first-order valence-corrected chi connectivity index (χ1v) is 11.0. The van der Waals surface area contributed by atoms with Crippen LogP contribution < -0.4 is 5.14 Å². The van der Waals surface area contributed by atoms with E-state index in [0.29, 0.717) is 0 Å².